The summed E-state index contributed by atoms with van der Waals surface area (Å²) in [6, 6.07) is 15.9. The normalized spacial score (nSPS) is 14.0. The molecule has 1 aromatic heterocycles. The number of nitrogens with zero attached hydrogens (tertiary/aromatic N) is 2. The Kier molecular flexibility index (Phi) is 12.4. The average molecular weight is 780 g/mol. The number of allylic oxidation sites excluding steroid dienone is 1. The lowest BCUT2D eigenvalue weighted by Crippen LogP contribution is -2.40. The number of ether oxygens (including phenoxy) is 6. The first-order valence-corrected chi connectivity index (χ1v) is 18.0. The van der Waals surface area contributed by atoms with Gasteiger partial charge in [0.05, 0.1) is 53.2 Å². The Bertz CT molecular complexity index is 2150. The molecule has 0 N–H and O–H groups in total. The van der Waals surface area contributed by atoms with Crippen LogP contribution in [0.4, 0.5) is 0 Å². The fraction of sp³-hybridized carbons (Fsp3) is 0.316. The molecule has 1 aliphatic heterocycles. The molecule has 1 atom stereocenters. The van der Waals surface area contributed by atoms with Gasteiger partial charge in [0, 0.05) is 0 Å². The maximum absolute atomic E-state index is 14.3. The lowest BCUT2D eigenvalue weighted by molar-refractivity contribution is -0.143. The summed E-state index contributed by atoms with van der Waals surface area (Å²) in [6.07, 6.45) is 1.76. The number of rotatable bonds is 14. The van der Waals surface area contributed by atoms with E-state index in [2.05, 4.69) is 27.0 Å². The van der Waals surface area contributed by atoms with E-state index >= 15 is 0 Å². The van der Waals surface area contributed by atoms with E-state index in [4.69, 9.17) is 28.4 Å². The highest BCUT2D eigenvalue weighted by Crippen LogP contribution is 2.39. The van der Waals surface area contributed by atoms with E-state index in [0.717, 1.165) is 11.1 Å². The smallest absolute Gasteiger partial charge is 0.343 e. The molecule has 0 saturated heterocycles. The summed E-state index contributed by atoms with van der Waals surface area (Å²) in [7, 11) is 1.27. The van der Waals surface area contributed by atoms with Crippen molar-refractivity contribution in [1.29, 1.82) is 0 Å². The third-order valence-electron chi connectivity index (χ3n) is 7.77. The van der Waals surface area contributed by atoms with Crippen molar-refractivity contribution in [3.8, 4) is 23.0 Å². The molecular weight excluding hydrogens is 740 g/mol. The van der Waals surface area contributed by atoms with Crippen molar-refractivity contribution in [3.63, 3.8) is 0 Å². The van der Waals surface area contributed by atoms with E-state index in [-0.39, 0.29) is 24.3 Å². The number of thiazole rings is 1. The number of aromatic nitrogens is 1. The molecule has 268 valence electrons. The molecule has 0 fully saturated rings. The van der Waals surface area contributed by atoms with Gasteiger partial charge in [-0.15, -0.1) is 0 Å². The summed E-state index contributed by atoms with van der Waals surface area (Å²) >= 11 is 4.85. The van der Waals surface area contributed by atoms with Gasteiger partial charge < -0.3 is 28.4 Å². The van der Waals surface area contributed by atoms with Gasteiger partial charge in [-0.2, -0.15) is 0 Å². The summed E-state index contributed by atoms with van der Waals surface area (Å²) < 4.78 is 36.4. The molecule has 51 heavy (non-hydrogen) atoms. The van der Waals surface area contributed by atoms with E-state index in [1.54, 1.807) is 38.1 Å². The van der Waals surface area contributed by atoms with Gasteiger partial charge in [0.25, 0.3) is 5.56 Å². The zero-order chi connectivity index (χ0) is 36.7. The Morgan fingerprint density at radius 1 is 0.922 bits per heavy atom. The molecule has 5 rings (SSSR count). The Morgan fingerprint density at radius 3 is 2.39 bits per heavy atom. The maximum atomic E-state index is 14.3. The average Bonchev–Trinajstić information content (AvgIpc) is 3.40. The van der Waals surface area contributed by atoms with Crippen LogP contribution < -0.4 is 33.8 Å². The van der Waals surface area contributed by atoms with Gasteiger partial charge in [-0.25, -0.2) is 14.6 Å². The summed E-state index contributed by atoms with van der Waals surface area (Å²) in [5.74, 6) is 0.566. The minimum Gasteiger partial charge on any atom is -0.490 e. The second-order valence-corrected chi connectivity index (χ2v) is 13.2. The topological polar surface area (TPSA) is 124 Å². The second-order valence-electron chi connectivity index (χ2n) is 11.3. The summed E-state index contributed by atoms with van der Waals surface area (Å²) in [6.45, 7) is 10.0. The highest BCUT2D eigenvalue weighted by molar-refractivity contribution is 9.10. The van der Waals surface area contributed by atoms with Crippen LogP contribution >= 0.6 is 27.3 Å². The van der Waals surface area contributed by atoms with Crippen LogP contribution in [0.15, 0.2) is 80.1 Å². The summed E-state index contributed by atoms with van der Waals surface area (Å²) in [5, 5.41) is 0. The zero-order valence-corrected chi connectivity index (χ0v) is 31.6. The Hall–Kier alpha value is -4.88. The number of carbonyl (C=O) groups is 2. The van der Waals surface area contributed by atoms with Crippen LogP contribution in [-0.2, 0) is 25.7 Å². The molecule has 4 aromatic rings. The van der Waals surface area contributed by atoms with Gasteiger partial charge in [-0.05, 0) is 97.6 Å². The largest absolute Gasteiger partial charge is 0.490 e. The summed E-state index contributed by atoms with van der Waals surface area (Å²) in [4.78, 5) is 44.6. The van der Waals surface area contributed by atoms with Crippen molar-refractivity contribution in [2.45, 2.75) is 47.3 Å². The third-order valence-corrected chi connectivity index (χ3v) is 9.34. The van der Waals surface area contributed by atoms with Crippen LogP contribution in [-0.4, -0.2) is 50.0 Å². The highest BCUT2D eigenvalue weighted by Gasteiger charge is 2.34. The van der Waals surface area contributed by atoms with E-state index in [0.29, 0.717) is 73.4 Å². The molecule has 0 aliphatic carbocycles. The van der Waals surface area contributed by atoms with Gasteiger partial charge in [0.15, 0.2) is 34.4 Å². The monoisotopic (exact) mass is 778 g/mol. The van der Waals surface area contributed by atoms with Gasteiger partial charge in [-0.3, -0.25) is 9.36 Å². The number of benzene rings is 3. The molecule has 0 bridgehead atoms. The van der Waals surface area contributed by atoms with Crippen LogP contribution in [0.3, 0.4) is 0 Å². The standard InChI is InChI=1S/C38H39BrN2O9S/c1-7-46-29-19-26(13-14-28(29)49-21-32(42)45-6)34-33(37(44)48-9-3)23(5)40-38-41(34)36(43)31(51-38)18-25-16-27(39)35(30(17-25)47-8-2)50-20-24-12-10-11-22(4)15-24/h10-19,34H,7-9,20-21H2,1-6H3/b31-18-/t34-/m0/s1. The molecule has 0 unspecified atom stereocenters. The molecule has 11 nitrogen and oxygen atoms in total. The number of methoxy groups -OCH3 is 1. The third kappa shape index (κ3) is 8.54. The Balaban J connectivity index is 1.60. The van der Waals surface area contributed by atoms with Crippen molar-refractivity contribution in [3.05, 3.63) is 112 Å². The summed E-state index contributed by atoms with van der Waals surface area (Å²) in [5.41, 5.74) is 3.71. The van der Waals surface area contributed by atoms with Crippen molar-refractivity contribution < 1.29 is 38.0 Å². The van der Waals surface area contributed by atoms with Crippen LogP contribution in [0.5, 0.6) is 23.0 Å². The fourth-order valence-corrected chi connectivity index (χ4v) is 7.19. The lowest BCUT2D eigenvalue weighted by Gasteiger charge is -2.25. The first-order valence-electron chi connectivity index (χ1n) is 16.4. The van der Waals surface area contributed by atoms with Crippen LogP contribution in [0.1, 0.15) is 56.0 Å². The van der Waals surface area contributed by atoms with Crippen molar-refractivity contribution in [2.24, 2.45) is 4.99 Å². The lowest BCUT2D eigenvalue weighted by atomic mass is 9.95. The predicted molar refractivity (Wildman–Crippen MR) is 196 cm³/mol. The van der Waals surface area contributed by atoms with Crippen LogP contribution in [0.25, 0.3) is 6.08 Å². The number of hydrogen-bond acceptors (Lipinski definition) is 11. The van der Waals surface area contributed by atoms with Gasteiger partial charge in [0.2, 0.25) is 0 Å². The number of esters is 2. The molecule has 0 spiro atoms. The van der Waals surface area contributed by atoms with Crippen LogP contribution in [0, 0.1) is 6.92 Å². The van der Waals surface area contributed by atoms with Gasteiger partial charge in [0.1, 0.15) is 6.61 Å². The molecule has 2 heterocycles. The van der Waals surface area contributed by atoms with Crippen molar-refractivity contribution in [1.82, 2.24) is 4.57 Å². The number of fused-ring (bicyclic) bond motifs is 1. The molecular formula is C38H39BrN2O9S. The van der Waals surface area contributed by atoms with Crippen molar-refractivity contribution >= 4 is 45.3 Å². The van der Waals surface area contributed by atoms with E-state index in [1.165, 1.54) is 23.0 Å². The van der Waals surface area contributed by atoms with E-state index in [1.807, 2.05) is 51.1 Å². The first-order chi connectivity index (χ1) is 24.6. The quantitative estimate of drug-likeness (QED) is 0.146. The fourth-order valence-electron chi connectivity index (χ4n) is 5.57. The van der Waals surface area contributed by atoms with Gasteiger partial charge in [-0.1, -0.05) is 47.2 Å². The molecule has 0 amide bonds. The minimum atomic E-state index is -0.889. The van der Waals surface area contributed by atoms with Gasteiger partial charge >= 0.3 is 11.9 Å². The number of halogens is 1. The SMILES string of the molecule is CCOC(=O)C1=C(C)N=c2s/c(=C\c3cc(Br)c(OCc4cccc(C)c4)c(OCC)c3)c(=O)n2[C@H]1c1ccc(OCC(=O)OC)c(OCC)c1. The van der Waals surface area contributed by atoms with Crippen molar-refractivity contribution in [2.75, 3.05) is 33.5 Å². The number of aryl methyl sites for hydroxylation is 1. The molecule has 1 aliphatic rings. The molecule has 0 saturated carbocycles. The second kappa shape index (κ2) is 16.9. The minimum absolute atomic E-state index is 0.138. The van der Waals surface area contributed by atoms with E-state index < -0.39 is 18.0 Å². The zero-order valence-electron chi connectivity index (χ0n) is 29.2. The number of carbonyl (C=O) groups excluding carboxylic acids is 2. The van der Waals surface area contributed by atoms with Crippen LogP contribution in [0.2, 0.25) is 0 Å². The Morgan fingerprint density at radius 2 is 1.69 bits per heavy atom. The maximum Gasteiger partial charge on any atom is 0.343 e. The molecule has 3 aromatic carbocycles. The first kappa shape index (κ1) is 37.4. The predicted octanol–water partition coefficient (Wildman–Crippen LogP) is 5.80. The molecule has 13 heteroatoms. The number of hydrogen-bond donors (Lipinski definition) is 0. The highest BCUT2D eigenvalue weighted by atomic mass is 79.9. The van der Waals surface area contributed by atoms with E-state index in [9.17, 15) is 14.4 Å². The Labute approximate surface area is 307 Å². The molecule has 0 radical (unpaired) electrons.